The van der Waals surface area contributed by atoms with Crippen molar-refractivity contribution in [1.29, 1.82) is 0 Å². The number of rotatable bonds is 20. The standard InChI is InChI=1S/C22H45NO/c1-2-3-4-5-6-7-8-9-10-11-12-13-14-17-20-23-21-18-15-16-19-22-24/h20,24H,2-19,21-22H2,1H3. The number of unbranched alkanes of at least 4 members (excludes halogenated alkanes) is 16. The highest BCUT2D eigenvalue weighted by atomic mass is 16.2. The van der Waals surface area contributed by atoms with Crippen LogP contribution >= 0.6 is 0 Å². The Morgan fingerprint density at radius 2 is 1.04 bits per heavy atom. The highest BCUT2D eigenvalue weighted by Gasteiger charge is 1.93. The summed E-state index contributed by atoms with van der Waals surface area (Å²) in [5.41, 5.74) is 0. The van der Waals surface area contributed by atoms with Crippen molar-refractivity contribution in [2.24, 2.45) is 4.99 Å². The van der Waals surface area contributed by atoms with Crippen LogP contribution in [0.25, 0.3) is 0 Å². The van der Waals surface area contributed by atoms with Gasteiger partial charge in [-0.05, 0) is 31.9 Å². The van der Waals surface area contributed by atoms with Gasteiger partial charge in [-0.1, -0.05) is 96.8 Å². The summed E-state index contributed by atoms with van der Waals surface area (Å²) in [5, 5.41) is 8.69. The summed E-state index contributed by atoms with van der Waals surface area (Å²) in [6, 6.07) is 0. The Bertz CT molecular complexity index is 240. The second kappa shape index (κ2) is 22.6. The first-order chi connectivity index (χ1) is 11.9. The summed E-state index contributed by atoms with van der Waals surface area (Å²) in [7, 11) is 0. The lowest BCUT2D eigenvalue weighted by Gasteiger charge is -2.02. The Balaban J connectivity index is 3.02. The molecule has 0 bridgehead atoms. The van der Waals surface area contributed by atoms with E-state index < -0.39 is 0 Å². The first-order valence-corrected chi connectivity index (χ1v) is 11.0. The molecule has 2 nitrogen and oxygen atoms in total. The molecule has 0 aromatic heterocycles. The van der Waals surface area contributed by atoms with Crippen molar-refractivity contribution in [3.8, 4) is 0 Å². The number of hydrogen-bond donors (Lipinski definition) is 1. The highest BCUT2D eigenvalue weighted by molar-refractivity contribution is 5.56. The Morgan fingerprint density at radius 1 is 0.583 bits per heavy atom. The average Bonchev–Trinajstić information content (AvgIpc) is 2.60. The van der Waals surface area contributed by atoms with Crippen molar-refractivity contribution >= 4 is 6.21 Å². The van der Waals surface area contributed by atoms with Crippen molar-refractivity contribution < 1.29 is 5.11 Å². The van der Waals surface area contributed by atoms with Crippen LogP contribution in [0.5, 0.6) is 0 Å². The molecule has 0 atom stereocenters. The molecule has 0 heterocycles. The minimum atomic E-state index is 0.336. The minimum Gasteiger partial charge on any atom is -0.396 e. The molecule has 0 spiro atoms. The zero-order chi connectivity index (χ0) is 17.6. The fourth-order valence-electron chi connectivity index (χ4n) is 3.10. The normalized spacial score (nSPS) is 11.6. The molecule has 0 saturated carbocycles. The maximum atomic E-state index is 8.69. The molecule has 0 radical (unpaired) electrons. The van der Waals surface area contributed by atoms with Gasteiger partial charge in [0, 0.05) is 13.2 Å². The van der Waals surface area contributed by atoms with E-state index in [1.54, 1.807) is 0 Å². The van der Waals surface area contributed by atoms with E-state index in [1.165, 1.54) is 96.3 Å². The van der Waals surface area contributed by atoms with Crippen LogP contribution in [-0.4, -0.2) is 24.5 Å². The fourth-order valence-corrected chi connectivity index (χ4v) is 3.10. The molecule has 0 aliphatic carbocycles. The summed E-state index contributed by atoms with van der Waals surface area (Å²) < 4.78 is 0. The van der Waals surface area contributed by atoms with Gasteiger partial charge in [0.2, 0.25) is 0 Å². The molecule has 0 aromatic carbocycles. The summed E-state index contributed by atoms with van der Waals surface area (Å²) in [5.74, 6) is 0. The van der Waals surface area contributed by atoms with Gasteiger partial charge in [-0.15, -0.1) is 0 Å². The van der Waals surface area contributed by atoms with Crippen LogP contribution in [0.15, 0.2) is 4.99 Å². The largest absolute Gasteiger partial charge is 0.396 e. The Labute approximate surface area is 152 Å². The molecule has 144 valence electrons. The van der Waals surface area contributed by atoms with Gasteiger partial charge in [-0.25, -0.2) is 0 Å². The fraction of sp³-hybridized carbons (Fsp3) is 0.955. The van der Waals surface area contributed by atoms with Gasteiger partial charge in [0.1, 0.15) is 0 Å². The smallest absolute Gasteiger partial charge is 0.0431 e. The van der Waals surface area contributed by atoms with E-state index in [2.05, 4.69) is 18.1 Å². The molecule has 0 fully saturated rings. The highest BCUT2D eigenvalue weighted by Crippen LogP contribution is 2.12. The van der Waals surface area contributed by atoms with Gasteiger partial charge < -0.3 is 5.11 Å². The lowest BCUT2D eigenvalue weighted by molar-refractivity contribution is 0.282. The van der Waals surface area contributed by atoms with Crippen LogP contribution in [-0.2, 0) is 0 Å². The van der Waals surface area contributed by atoms with Gasteiger partial charge >= 0.3 is 0 Å². The van der Waals surface area contributed by atoms with Gasteiger partial charge in [0.15, 0.2) is 0 Å². The summed E-state index contributed by atoms with van der Waals surface area (Å²) >= 11 is 0. The lowest BCUT2D eigenvalue weighted by Crippen LogP contribution is -1.87. The minimum absolute atomic E-state index is 0.336. The van der Waals surface area contributed by atoms with Crippen molar-refractivity contribution in [2.45, 2.75) is 122 Å². The third kappa shape index (κ3) is 21.6. The molecule has 0 saturated heterocycles. The monoisotopic (exact) mass is 339 g/mol. The molecular weight excluding hydrogens is 294 g/mol. The van der Waals surface area contributed by atoms with Crippen LogP contribution in [0.3, 0.4) is 0 Å². The first kappa shape index (κ1) is 23.6. The molecular formula is C22H45NO. The zero-order valence-corrected chi connectivity index (χ0v) is 16.6. The van der Waals surface area contributed by atoms with Crippen LogP contribution in [0.2, 0.25) is 0 Å². The van der Waals surface area contributed by atoms with E-state index in [0.29, 0.717) is 6.61 Å². The van der Waals surface area contributed by atoms with Gasteiger partial charge in [-0.3, -0.25) is 4.99 Å². The van der Waals surface area contributed by atoms with E-state index in [0.717, 1.165) is 25.8 Å². The number of aliphatic imine (C=N–C) groups is 1. The van der Waals surface area contributed by atoms with Crippen molar-refractivity contribution in [2.75, 3.05) is 13.2 Å². The molecule has 0 aliphatic heterocycles. The zero-order valence-electron chi connectivity index (χ0n) is 16.6. The van der Waals surface area contributed by atoms with E-state index in [4.69, 9.17) is 5.11 Å². The lowest BCUT2D eigenvalue weighted by atomic mass is 10.0. The third-order valence-electron chi connectivity index (χ3n) is 4.76. The molecule has 0 aliphatic rings. The number of nitrogens with zero attached hydrogens (tertiary/aromatic N) is 1. The molecule has 0 amide bonds. The SMILES string of the molecule is CCCCCCCCCCCCCCCC=NCCCCCCO. The first-order valence-electron chi connectivity index (χ1n) is 11.0. The van der Waals surface area contributed by atoms with E-state index >= 15 is 0 Å². The molecule has 2 heteroatoms. The molecule has 0 unspecified atom stereocenters. The van der Waals surface area contributed by atoms with Gasteiger partial charge in [0.25, 0.3) is 0 Å². The topological polar surface area (TPSA) is 32.6 Å². The Hall–Kier alpha value is -0.370. The number of aliphatic hydroxyl groups is 1. The van der Waals surface area contributed by atoms with Gasteiger partial charge in [-0.2, -0.15) is 0 Å². The quantitative estimate of drug-likeness (QED) is 0.186. The Morgan fingerprint density at radius 3 is 1.58 bits per heavy atom. The number of aliphatic hydroxyl groups excluding tert-OH is 1. The van der Waals surface area contributed by atoms with E-state index in [1.807, 2.05) is 0 Å². The van der Waals surface area contributed by atoms with Crippen molar-refractivity contribution in [3.63, 3.8) is 0 Å². The third-order valence-corrected chi connectivity index (χ3v) is 4.76. The molecule has 0 rings (SSSR count). The van der Waals surface area contributed by atoms with Crippen LogP contribution in [0.1, 0.15) is 122 Å². The average molecular weight is 340 g/mol. The van der Waals surface area contributed by atoms with Crippen LogP contribution in [0, 0.1) is 0 Å². The van der Waals surface area contributed by atoms with Crippen molar-refractivity contribution in [1.82, 2.24) is 0 Å². The summed E-state index contributed by atoms with van der Waals surface area (Å²) in [4.78, 5) is 4.48. The summed E-state index contributed by atoms with van der Waals surface area (Å²) in [6.45, 7) is 3.60. The Kier molecular flexibility index (Phi) is 22.3. The molecule has 24 heavy (non-hydrogen) atoms. The molecule has 0 aromatic rings. The predicted octanol–water partition coefficient (Wildman–Crippen LogP) is 7.09. The second-order valence-corrected chi connectivity index (χ2v) is 7.26. The van der Waals surface area contributed by atoms with E-state index in [-0.39, 0.29) is 0 Å². The van der Waals surface area contributed by atoms with Crippen molar-refractivity contribution in [3.05, 3.63) is 0 Å². The second-order valence-electron chi connectivity index (χ2n) is 7.26. The van der Waals surface area contributed by atoms with Crippen LogP contribution < -0.4 is 0 Å². The number of hydrogen-bond acceptors (Lipinski definition) is 2. The predicted molar refractivity (Wildman–Crippen MR) is 109 cm³/mol. The molecule has 1 N–H and O–H groups in total. The van der Waals surface area contributed by atoms with E-state index in [9.17, 15) is 0 Å². The summed E-state index contributed by atoms with van der Waals surface area (Å²) in [6.07, 6.45) is 26.2. The van der Waals surface area contributed by atoms with Crippen LogP contribution in [0.4, 0.5) is 0 Å². The van der Waals surface area contributed by atoms with Gasteiger partial charge in [0.05, 0.1) is 0 Å². The maximum absolute atomic E-state index is 8.69. The maximum Gasteiger partial charge on any atom is 0.0431 e.